The summed E-state index contributed by atoms with van der Waals surface area (Å²) in [4.78, 5) is 0. The van der Waals surface area contributed by atoms with Crippen LogP contribution in [0, 0.1) is 18.6 Å². The monoisotopic (exact) mass is 231 g/mol. The van der Waals surface area contributed by atoms with E-state index in [9.17, 15) is 19.0 Å². The minimum absolute atomic E-state index is 0.0163. The van der Waals surface area contributed by atoms with E-state index in [4.69, 9.17) is 0 Å². The molecule has 0 spiro atoms. The van der Waals surface area contributed by atoms with Crippen molar-refractivity contribution in [2.45, 2.75) is 19.1 Å². The summed E-state index contributed by atoms with van der Waals surface area (Å²) < 4.78 is 26.1. The van der Waals surface area contributed by atoms with Gasteiger partial charge < -0.3 is 15.5 Å². The molecule has 90 valence electrons. The summed E-state index contributed by atoms with van der Waals surface area (Å²) >= 11 is 0. The summed E-state index contributed by atoms with van der Waals surface area (Å²) in [7, 11) is 1.62. The second-order valence-corrected chi connectivity index (χ2v) is 3.65. The van der Waals surface area contributed by atoms with Gasteiger partial charge in [-0.2, -0.15) is 0 Å². The minimum Gasteiger partial charge on any atom is -0.389 e. The molecule has 1 aromatic rings. The van der Waals surface area contributed by atoms with Crippen molar-refractivity contribution < 1.29 is 19.0 Å². The molecule has 0 heterocycles. The Kier molecular flexibility index (Phi) is 4.35. The second kappa shape index (κ2) is 5.34. The van der Waals surface area contributed by atoms with E-state index >= 15 is 0 Å². The van der Waals surface area contributed by atoms with Gasteiger partial charge in [0, 0.05) is 6.54 Å². The molecule has 0 aliphatic carbocycles. The molecule has 3 N–H and O–H groups in total. The summed E-state index contributed by atoms with van der Waals surface area (Å²) in [5.41, 5.74) is 0.212. The molecule has 3 nitrogen and oxygen atoms in total. The van der Waals surface area contributed by atoms with Crippen LogP contribution < -0.4 is 5.32 Å². The van der Waals surface area contributed by atoms with Crippen LogP contribution in [-0.4, -0.2) is 29.9 Å². The van der Waals surface area contributed by atoms with Gasteiger partial charge >= 0.3 is 0 Å². The zero-order chi connectivity index (χ0) is 12.3. The van der Waals surface area contributed by atoms with Gasteiger partial charge in [0.15, 0.2) is 11.6 Å². The summed E-state index contributed by atoms with van der Waals surface area (Å²) in [6.07, 6.45) is -2.30. The SMILES string of the molecule is CNCC(O)C(O)c1ccc(F)c(F)c1C. The molecule has 0 saturated carbocycles. The van der Waals surface area contributed by atoms with Crippen LogP contribution in [0.2, 0.25) is 0 Å². The number of aliphatic hydroxyl groups excluding tert-OH is 2. The predicted molar refractivity (Wildman–Crippen MR) is 56.0 cm³/mol. The molecule has 0 saturated heterocycles. The fourth-order valence-corrected chi connectivity index (χ4v) is 1.52. The first-order valence-corrected chi connectivity index (χ1v) is 4.94. The molecule has 16 heavy (non-hydrogen) atoms. The number of nitrogens with one attached hydrogen (secondary N) is 1. The van der Waals surface area contributed by atoms with Crippen LogP contribution in [0.1, 0.15) is 17.2 Å². The highest BCUT2D eigenvalue weighted by Gasteiger charge is 2.21. The molecule has 0 radical (unpaired) electrons. The van der Waals surface area contributed by atoms with Gasteiger partial charge in [-0.1, -0.05) is 6.07 Å². The third-order valence-corrected chi connectivity index (χ3v) is 2.48. The van der Waals surface area contributed by atoms with E-state index in [-0.39, 0.29) is 17.7 Å². The van der Waals surface area contributed by atoms with Crippen molar-refractivity contribution in [3.05, 3.63) is 34.9 Å². The molecule has 1 rings (SSSR count). The lowest BCUT2D eigenvalue weighted by atomic mass is 9.99. The largest absolute Gasteiger partial charge is 0.389 e. The molecule has 0 aliphatic heterocycles. The van der Waals surface area contributed by atoms with E-state index in [1.165, 1.54) is 13.0 Å². The van der Waals surface area contributed by atoms with Gasteiger partial charge in [-0.3, -0.25) is 0 Å². The van der Waals surface area contributed by atoms with Gasteiger partial charge in [-0.05, 0) is 31.2 Å². The zero-order valence-corrected chi connectivity index (χ0v) is 9.17. The van der Waals surface area contributed by atoms with E-state index < -0.39 is 23.8 Å². The Balaban J connectivity index is 3.00. The fraction of sp³-hybridized carbons (Fsp3) is 0.455. The van der Waals surface area contributed by atoms with E-state index in [0.29, 0.717) is 0 Å². The Bertz CT molecular complexity index is 371. The highest BCUT2D eigenvalue weighted by molar-refractivity contribution is 5.30. The van der Waals surface area contributed by atoms with Gasteiger partial charge in [0.2, 0.25) is 0 Å². The van der Waals surface area contributed by atoms with Gasteiger partial charge in [-0.15, -0.1) is 0 Å². The number of halogens is 2. The number of hydrogen-bond acceptors (Lipinski definition) is 3. The van der Waals surface area contributed by atoms with Crippen LogP contribution >= 0.6 is 0 Å². The summed E-state index contributed by atoms with van der Waals surface area (Å²) in [6, 6.07) is 2.21. The van der Waals surface area contributed by atoms with Crippen LogP contribution in [-0.2, 0) is 0 Å². The lowest BCUT2D eigenvalue weighted by Gasteiger charge is -2.19. The Morgan fingerprint density at radius 3 is 2.50 bits per heavy atom. The van der Waals surface area contributed by atoms with Gasteiger partial charge in [0.25, 0.3) is 0 Å². The molecule has 0 bridgehead atoms. The molecule has 0 aromatic heterocycles. The third-order valence-electron chi connectivity index (χ3n) is 2.48. The van der Waals surface area contributed by atoms with E-state index in [1.807, 2.05) is 0 Å². The highest BCUT2D eigenvalue weighted by Crippen LogP contribution is 2.24. The topological polar surface area (TPSA) is 52.5 Å². The molecule has 2 unspecified atom stereocenters. The van der Waals surface area contributed by atoms with Crippen molar-refractivity contribution in [3.63, 3.8) is 0 Å². The number of likely N-dealkylation sites (N-methyl/N-ethyl adjacent to an activating group) is 1. The van der Waals surface area contributed by atoms with Gasteiger partial charge in [-0.25, -0.2) is 8.78 Å². The molecule has 0 fully saturated rings. The van der Waals surface area contributed by atoms with Crippen LogP contribution in [0.25, 0.3) is 0 Å². The number of benzene rings is 1. The Morgan fingerprint density at radius 1 is 1.31 bits per heavy atom. The predicted octanol–water partition coefficient (Wildman–Crippen LogP) is 0.887. The second-order valence-electron chi connectivity index (χ2n) is 3.65. The quantitative estimate of drug-likeness (QED) is 0.721. The summed E-state index contributed by atoms with van der Waals surface area (Å²) in [6.45, 7) is 1.53. The molecule has 0 amide bonds. The number of aliphatic hydroxyl groups is 2. The van der Waals surface area contributed by atoms with E-state index in [0.717, 1.165) is 6.07 Å². The van der Waals surface area contributed by atoms with Crippen molar-refractivity contribution in [3.8, 4) is 0 Å². The standard InChI is InChI=1S/C11H15F2NO2/c1-6-7(3-4-8(12)10(6)13)11(16)9(15)5-14-2/h3-4,9,11,14-16H,5H2,1-2H3. The number of rotatable bonds is 4. The average Bonchev–Trinajstić information content (AvgIpc) is 2.26. The minimum atomic E-state index is -1.23. The third kappa shape index (κ3) is 2.55. The lowest BCUT2D eigenvalue weighted by Crippen LogP contribution is -2.30. The van der Waals surface area contributed by atoms with Gasteiger partial charge in [0.05, 0.1) is 6.10 Å². The lowest BCUT2D eigenvalue weighted by molar-refractivity contribution is 0.0196. The smallest absolute Gasteiger partial charge is 0.162 e. The van der Waals surface area contributed by atoms with Crippen molar-refractivity contribution in [1.29, 1.82) is 0 Å². The maximum atomic E-state index is 13.2. The van der Waals surface area contributed by atoms with E-state index in [2.05, 4.69) is 5.32 Å². The number of hydrogen-bond donors (Lipinski definition) is 3. The zero-order valence-electron chi connectivity index (χ0n) is 9.17. The van der Waals surface area contributed by atoms with Crippen LogP contribution in [0.3, 0.4) is 0 Å². The Hall–Kier alpha value is -1.04. The maximum absolute atomic E-state index is 13.2. The normalized spacial score (nSPS) is 14.9. The van der Waals surface area contributed by atoms with Crippen molar-refractivity contribution >= 4 is 0 Å². The summed E-state index contributed by atoms with van der Waals surface area (Å²) in [5, 5.41) is 22.0. The Labute approximate surface area is 92.7 Å². The van der Waals surface area contributed by atoms with E-state index in [1.54, 1.807) is 7.05 Å². The molecular weight excluding hydrogens is 216 g/mol. The first-order valence-electron chi connectivity index (χ1n) is 4.94. The van der Waals surface area contributed by atoms with Gasteiger partial charge in [0.1, 0.15) is 6.10 Å². The van der Waals surface area contributed by atoms with Crippen molar-refractivity contribution in [2.24, 2.45) is 0 Å². The molecule has 1 aromatic carbocycles. The maximum Gasteiger partial charge on any atom is 0.162 e. The van der Waals surface area contributed by atoms with Crippen LogP contribution in [0.15, 0.2) is 12.1 Å². The first kappa shape index (κ1) is 13.0. The summed E-state index contributed by atoms with van der Waals surface area (Å²) in [5.74, 6) is -1.95. The van der Waals surface area contributed by atoms with Crippen LogP contribution in [0.4, 0.5) is 8.78 Å². The highest BCUT2D eigenvalue weighted by atomic mass is 19.2. The first-order chi connectivity index (χ1) is 7.49. The average molecular weight is 231 g/mol. The molecular formula is C11H15F2NO2. The molecule has 0 aliphatic rings. The Morgan fingerprint density at radius 2 is 1.94 bits per heavy atom. The molecule has 2 atom stereocenters. The molecule has 5 heteroatoms. The van der Waals surface area contributed by atoms with Crippen molar-refractivity contribution in [1.82, 2.24) is 5.32 Å². The van der Waals surface area contributed by atoms with Crippen molar-refractivity contribution in [2.75, 3.05) is 13.6 Å². The van der Waals surface area contributed by atoms with Crippen LogP contribution in [0.5, 0.6) is 0 Å². The fourth-order valence-electron chi connectivity index (χ4n) is 1.52.